The van der Waals surface area contributed by atoms with E-state index in [1.165, 1.54) is 19.2 Å². The Morgan fingerprint density at radius 2 is 1.65 bits per heavy atom. The molecule has 0 unspecified atom stereocenters. The number of hydrogen-bond donors (Lipinski definition) is 2. The minimum Gasteiger partial charge on any atom is -0.506 e. The molecule has 7 heteroatoms. The zero-order valence-corrected chi connectivity index (χ0v) is 15.2. The number of carbonyl (C=O) groups excluding carboxylic acids is 1. The smallest absolute Gasteiger partial charge is 0.330 e. The number of benzene rings is 2. The first-order valence-electron chi connectivity index (χ1n) is 7.67. The monoisotopic (exact) mass is 373 g/mol. The number of sulfonamides is 1. The number of methoxy groups -OCH3 is 1. The molecule has 2 N–H and O–H groups in total. The van der Waals surface area contributed by atoms with Crippen LogP contribution in [0.2, 0.25) is 0 Å². The fourth-order valence-corrected chi connectivity index (χ4v) is 3.18. The van der Waals surface area contributed by atoms with E-state index < -0.39 is 21.8 Å². The van der Waals surface area contributed by atoms with Gasteiger partial charge in [0.15, 0.2) is 0 Å². The fourth-order valence-electron chi connectivity index (χ4n) is 2.07. The minimum atomic E-state index is -3.93. The van der Waals surface area contributed by atoms with E-state index >= 15 is 0 Å². The van der Waals surface area contributed by atoms with Crippen LogP contribution in [0.25, 0.3) is 5.70 Å². The summed E-state index contributed by atoms with van der Waals surface area (Å²) in [6.45, 7) is 1.85. The number of esters is 1. The first-order valence-corrected chi connectivity index (χ1v) is 9.16. The minimum absolute atomic E-state index is 0.0497. The molecular weight excluding hydrogens is 354 g/mol. The van der Waals surface area contributed by atoms with E-state index in [0.29, 0.717) is 5.56 Å². The summed E-state index contributed by atoms with van der Waals surface area (Å²) in [5.41, 5.74) is 1.31. The third-order valence-corrected chi connectivity index (χ3v) is 4.83. The molecular formula is C19H19NO5S. The summed E-state index contributed by atoms with van der Waals surface area (Å²) >= 11 is 0. The number of carbonyl (C=O) groups is 1. The maximum Gasteiger partial charge on any atom is 0.330 e. The Labute approximate surface area is 152 Å². The first kappa shape index (κ1) is 19.3. The third-order valence-electron chi connectivity index (χ3n) is 3.46. The van der Waals surface area contributed by atoms with Crippen LogP contribution in [-0.2, 0) is 19.6 Å². The van der Waals surface area contributed by atoms with Gasteiger partial charge >= 0.3 is 5.97 Å². The lowest BCUT2D eigenvalue weighted by atomic mass is 10.1. The Morgan fingerprint density at radius 3 is 2.23 bits per heavy atom. The van der Waals surface area contributed by atoms with Crippen LogP contribution in [-0.4, -0.2) is 26.6 Å². The summed E-state index contributed by atoms with van der Waals surface area (Å²) in [6, 6.07) is 14.7. The standard InChI is InChI=1S/C19H19NO5S/c1-14-8-10-16(11-9-14)26(23,24)20-19(15-6-4-3-5-7-15)17(21)12-13-18(22)25-2/h3-13,20-21H,1-2H3/b13-12+,19-17+. The van der Waals surface area contributed by atoms with Gasteiger partial charge < -0.3 is 9.84 Å². The van der Waals surface area contributed by atoms with Gasteiger partial charge in [-0.25, -0.2) is 13.2 Å². The van der Waals surface area contributed by atoms with Gasteiger partial charge in [-0.2, -0.15) is 0 Å². The predicted octanol–water partition coefficient (Wildman–Crippen LogP) is 2.93. The summed E-state index contributed by atoms with van der Waals surface area (Å²) in [5, 5.41) is 10.3. The third kappa shape index (κ3) is 4.97. The van der Waals surface area contributed by atoms with Crippen molar-refractivity contribution in [2.24, 2.45) is 0 Å². The van der Waals surface area contributed by atoms with Crippen LogP contribution < -0.4 is 4.72 Å². The van der Waals surface area contributed by atoms with E-state index in [9.17, 15) is 18.3 Å². The maximum absolute atomic E-state index is 12.7. The number of aliphatic hydroxyl groups excluding tert-OH is 1. The highest BCUT2D eigenvalue weighted by Gasteiger charge is 2.18. The predicted molar refractivity (Wildman–Crippen MR) is 98.6 cm³/mol. The van der Waals surface area contributed by atoms with Gasteiger partial charge in [-0.3, -0.25) is 4.72 Å². The lowest BCUT2D eigenvalue weighted by Gasteiger charge is -2.13. The Balaban J connectivity index is 2.46. The highest BCUT2D eigenvalue weighted by Crippen LogP contribution is 2.20. The number of aryl methyl sites for hydroxylation is 1. The van der Waals surface area contributed by atoms with Gasteiger partial charge in [0.05, 0.1) is 17.7 Å². The van der Waals surface area contributed by atoms with Crippen molar-refractivity contribution in [1.82, 2.24) is 4.72 Å². The van der Waals surface area contributed by atoms with Gasteiger partial charge in [-0.15, -0.1) is 0 Å². The van der Waals surface area contributed by atoms with E-state index in [1.54, 1.807) is 42.5 Å². The van der Waals surface area contributed by atoms with Crippen LogP contribution in [0.3, 0.4) is 0 Å². The van der Waals surface area contributed by atoms with E-state index in [1.807, 2.05) is 6.92 Å². The van der Waals surface area contributed by atoms with Crippen molar-refractivity contribution < 1.29 is 23.1 Å². The molecule has 0 aliphatic carbocycles. The Morgan fingerprint density at radius 1 is 1.04 bits per heavy atom. The fraction of sp³-hybridized carbons (Fsp3) is 0.105. The molecule has 0 saturated heterocycles. The quantitative estimate of drug-likeness (QED) is 0.351. The number of allylic oxidation sites excluding steroid dienone is 1. The summed E-state index contributed by atoms with van der Waals surface area (Å²) in [7, 11) is -2.73. The van der Waals surface area contributed by atoms with Crippen molar-refractivity contribution in [3.8, 4) is 0 Å². The summed E-state index contributed by atoms with van der Waals surface area (Å²) in [6.07, 6.45) is 2.07. The molecule has 0 fully saturated rings. The Bertz CT molecular complexity index is 930. The average Bonchev–Trinajstić information content (AvgIpc) is 2.65. The molecule has 6 nitrogen and oxygen atoms in total. The van der Waals surface area contributed by atoms with Crippen molar-refractivity contribution in [2.75, 3.05) is 7.11 Å². The van der Waals surface area contributed by atoms with Gasteiger partial charge in [-0.05, 0) is 25.1 Å². The molecule has 26 heavy (non-hydrogen) atoms. The Kier molecular flexibility index (Phi) is 6.19. The summed E-state index contributed by atoms with van der Waals surface area (Å²) < 4.78 is 32.2. The number of hydrogen-bond acceptors (Lipinski definition) is 5. The first-order chi connectivity index (χ1) is 12.3. The SMILES string of the molecule is COC(=O)/C=C/C(O)=C(\NS(=O)(=O)c1ccc(C)cc1)c1ccccc1. The molecule has 0 radical (unpaired) electrons. The molecule has 0 aliphatic rings. The molecule has 0 aliphatic heterocycles. The van der Waals surface area contributed by atoms with Crippen LogP contribution in [0.15, 0.2) is 77.4 Å². The van der Waals surface area contributed by atoms with Gasteiger partial charge in [0.25, 0.3) is 10.0 Å². The van der Waals surface area contributed by atoms with Gasteiger partial charge in [0, 0.05) is 11.6 Å². The van der Waals surface area contributed by atoms with Crippen LogP contribution >= 0.6 is 0 Å². The second-order valence-electron chi connectivity index (χ2n) is 5.40. The second-order valence-corrected chi connectivity index (χ2v) is 7.08. The van der Waals surface area contributed by atoms with Crippen LogP contribution in [0.5, 0.6) is 0 Å². The van der Waals surface area contributed by atoms with E-state index in [4.69, 9.17) is 0 Å². The Hall–Kier alpha value is -3.06. The van der Waals surface area contributed by atoms with Crippen LogP contribution in [0, 0.1) is 6.92 Å². The van der Waals surface area contributed by atoms with Crippen molar-refractivity contribution in [3.05, 3.63) is 83.6 Å². The van der Waals surface area contributed by atoms with Gasteiger partial charge in [-0.1, -0.05) is 48.0 Å². The molecule has 0 saturated carbocycles. The molecule has 0 amide bonds. The van der Waals surface area contributed by atoms with Crippen molar-refractivity contribution in [2.45, 2.75) is 11.8 Å². The molecule has 136 valence electrons. The van der Waals surface area contributed by atoms with E-state index in [-0.39, 0.29) is 10.6 Å². The second kappa shape index (κ2) is 8.35. The van der Waals surface area contributed by atoms with Crippen molar-refractivity contribution in [1.29, 1.82) is 0 Å². The topological polar surface area (TPSA) is 92.7 Å². The molecule has 0 heterocycles. The lowest BCUT2D eigenvalue weighted by Crippen LogP contribution is -2.23. The van der Waals surface area contributed by atoms with E-state index in [0.717, 1.165) is 17.7 Å². The molecule has 0 aromatic heterocycles. The van der Waals surface area contributed by atoms with Crippen molar-refractivity contribution >= 4 is 21.7 Å². The number of ether oxygens (including phenoxy) is 1. The highest BCUT2D eigenvalue weighted by molar-refractivity contribution is 7.89. The number of aliphatic hydroxyl groups is 1. The zero-order valence-electron chi connectivity index (χ0n) is 14.3. The average molecular weight is 373 g/mol. The lowest BCUT2D eigenvalue weighted by molar-refractivity contribution is -0.134. The van der Waals surface area contributed by atoms with Crippen LogP contribution in [0.1, 0.15) is 11.1 Å². The molecule has 2 aromatic rings. The molecule has 2 rings (SSSR count). The van der Waals surface area contributed by atoms with Crippen molar-refractivity contribution in [3.63, 3.8) is 0 Å². The largest absolute Gasteiger partial charge is 0.506 e. The molecule has 0 spiro atoms. The number of nitrogens with one attached hydrogen (secondary N) is 1. The summed E-state index contributed by atoms with van der Waals surface area (Å²) in [4.78, 5) is 11.3. The van der Waals surface area contributed by atoms with Gasteiger partial charge in [0.2, 0.25) is 0 Å². The summed E-state index contributed by atoms with van der Waals surface area (Å²) in [5.74, 6) is -1.09. The maximum atomic E-state index is 12.7. The number of rotatable bonds is 6. The highest BCUT2D eigenvalue weighted by atomic mass is 32.2. The van der Waals surface area contributed by atoms with Gasteiger partial charge in [0.1, 0.15) is 5.76 Å². The zero-order chi connectivity index (χ0) is 19.2. The van der Waals surface area contributed by atoms with E-state index in [2.05, 4.69) is 9.46 Å². The van der Waals surface area contributed by atoms with Crippen LogP contribution in [0.4, 0.5) is 0 Å². The molecule has 0 atom stereocenters. The normalized spacial score (nSPS) is 12.5. The molecule has 0 bridgehead atoms. The molecule has 2 aromatic carbocycles.